The summed E-state index contributed by atoms with van der Waals surface area (Å²) in [6.07, 6.45) is -0.677. The number of carbonyl (C=O) groups is 1. The molecule has 31 heavy (non-hydrogen) atoms. The second kappa shape index (κ2) is 8.19. The van der Waals surface area contributed by atoms with Crippen molar-refractivity contribution in [2.45, 2.75) is 43.6 Å². The molecule has 7 heteroatoms. The summed E-state index contributed by atoms with van der Waals surface area (Å²) in [6.45, 7) is 1.64. The summed E-state index contributed by atoms with van der Waals surface area (Å²) in [7, 11) is 2.58. The summed E-state index contributed by atoms with van der Waals surface area (Å²) in [5.74, 6) is -2.13. The second-order valence-electron chi connectivity index (χ2n) is 8.52. The van der Waals surface area contributed by atoms with E-state index < -0.39 is 29.4 Å². The number of rotatable bonds is 6. The van der Waals surface area contributed by atoms with Gasteiger partial charge < -0.3 is 9.47 Å². The number of likely N-dealkylation sites (tertiary alicyclic amines) is 1. The van der Waals surface area contributed by atoms with Crippen LogP contribution in [0.2, 0.25) is 0 Å². The van der Waals surface area contributed by atoms with E-state index in [0.717, 1.165) is 5.56 Å². The minimum absolute atomic E-state index is 0.0833. The molecule has 166 valence electrons. The Hall–Kier alpha value is -2.54. The van der Waals surface area contributed by atoms with Crippen molar-refractivity contribution in [1.29, 1.82) is 0 Å². The Morgan fingerprint density at radius 3 is 2.35 bits per heavy atom. The van der Waals surface area contributed by atoms with Crippen LogP contribution in [0.25, 0.3) is 0 Å². The van der Waals surface area contributed by atoms with Gasteiger partial charge in [0.15, 0.2) is 23.0 Å². The molecule has 2 aromatic rings. The number of benzene rings is 2. The second-order valence-corrected chi connectivity index (χ2v) is 8.52. The zero-order valence-corrected chi connectivity index (χ0v) is 17.7. The van der Waals surface area contributed by atoms with Crippen molar-refractivity contribution in [1.82, 2.24) is 4.90 Å². The first kappa shape index (κ1) is 21.7. The molecule has 0 amide bonds. The van der Waals surface area contributed by atoms with Gasteiger partial charge in [-0.1, -0.05) is 30.3 Å². The van der Waals surface area contributed by atoms with E-state index in [0.29, 0.717) is 19.6 Å². The quantitative estimate of drug-likeness (QED) is 0.663. The third-order valence-electron chi connectivity index (χ3n) is 6.40. The number of ketones is 1. The predicted octanol–water partition coefficient (Wildman–Crippen LogP) is 4.68. The van der Waals surface area contributed by atoms with Crippen molar-refractivity contribution >= 4 is 5.78 Å². The van der Waals surface area contributed by atoms with Crippen LogP contribution >= 0.6 is 0 Å². The highest BCUT2D eigenvalue weighted by molar-refractivity contribution is 6.07. The minimum atomic E-state index is -2.48. The Labute approximate surface area is 180 Å². The molecule has 0 N–H and O–H groups in total. The van der Waals surface area contributed by atoms with Crippen LogP contribution in [0.15, 0.2) is 36.4 Å². The molecule has 4 nitrogen and oxygen atoms in total. The first-order valence-corrected chi connectivity index (χ1v) is 10.4. The average Bonchev–Trinajstić information content (AvgIpc) is 3.00. The van der Waals surface area contributed by atoms with Crippen LogP contribution in [0.3, 0.4) is 0 Å². The fourth-order valence-corrected chi connectivity index (χ4v) is 4.77. The standard InChI is InChI=1S/C24H26F3NO3/c1-30-18-12-17-13-24(27,22(29)19(17)20(25)21(18)31-2)15-23(26)8-10-28(11-9-23)14-16-6-4-3-5-7-16/h3-7,12H,8-11,13-15H2,1-2H3. The van der Waals surface area contributed by atoms with Crippen LogP contribution < -0.4 is 9.47 Å². The van der Waals surface area contributed by atoms with Crippen LogP contribution in [0.1, 0.15) is 40.7 Å². The Morgan fingerprint density at radius 2 is 1.74 bits per heavy atom. The summed E-state index contributed by atoms with van der Waals surface area (Å²) in [6, 6.07) is 11.3. The van der Waals surface area contributed by atoms with Crippen molar-refractivity contribution in [2.75, 3.05) is 27.3 Å². The minimum Gasteiger partial charge on any atom is -0.493 e. The van der Waals surface area contributed by atoms with Gasteiger partial charge in [-0.25, -0.2) is 13.2 Å². The number of Topliss-reactive ketones (excluding diaryl/α,β-unsaturated/α-hetero) is 1. The van der Waals surface area contributed by atoms with Crippen molar-refractivity contribution in [3.63, 3.8) is 0 Å². The van der Waals surface area contributed by atoms with Crippen molar-refractivity contribution in [3.05, 3.63) is 58.9 Å². The molecular formula is C24H26F3NO3. The maximum Gasteiger partial charge on any atom is 0.203 e. The number of ether oxygens (including phenoxy) is 2. The summed E-state index contributed by atoms with van der Waals surface area (Å²) >= 11 is 0. The fraction of sp³-hybridized carbons (Fsp3) is 0.458. The van der Waals surface area contributed by atoms with Crippen molar-refractivity contribution in [3.8, 4) is 11.5 Å². The van der Waals surface area contributed by atoms with Crippen molar-refractivity contribution < 1.29 is 27.4 Å². The molecule has 4 rings (SSSR count). The Kier molecular flexibility index (Phi) is 5.73. The normalized spacial score (nSPS) is 22.9. The number of hydrogen-bond donors (Lipinski definition) is 0. The van der Waals surface area contributed by atoms with Gasteiger partial charge in [0.2, 0.25) is 5.78 Å². The van der Waals surface area contributed by atoms with E-state index in [1.165, 1.54) is 20.3 Å². The van der Waals surface area contributed by atoms with Crippen LogP contribution in [0, 0.1) is 5.82 Å². The summed E-state index contributed by atoms with van der Waals surface area (Å²) in [5.41, 5.74) is -3.32. The van der Waals surface area contributed by atoms with Gasteiger partial charge in [-0.15, -0.1) is 0 Å². The molecule has 0 aromatic heterocycles. The lowest BCUT2D eigenvalue weighted by Gasteiger charge is -2.38. The lowest BCUT2D eigenvalue weighted by atomic mass is 9.81. The number of methoxy groups -OCH3 is 2. The number of halogens is 3. The summed E-state index contributed by atoms with van der Waals surface area (Å²) in [5, 5.41) is 0. The highest BCUT2D eigenvalue weighted by atomic mass is 19.2. The van der Waals surface area contributed by atoms with Crippen LogP contribution in [0.5, 0.6) is 11.5 Å². The number of nitrogens with zero attached hydrogens (tertiary/aromatic N) is 1. The van der Waals surface area contributed by atoms with E-state index in [1.54, 1.807) is 0 Å². The molecule has 1 fully saturated rings. The summed E-state index contributed by atoms with van der Waals surface area (Å²) < 4.78 is 56.3. The molecule has 1 heterocycles. The van der Waals surface area contributed by atoms with Gasteiger partial charge in [-0.2, -0.15) is 0 Å². The average molecular weight is 433 g/mol. The smallest absolute Gasteiger partial charge is 0.203 e. The van der Waals surface area contributed by atoms with Gasteiger partial charge in [0.1, 0.15) is 5.67 Å². The van der Waals surface area contributed by atoms with Gasteiger partial charge in [0.05, 0.1) is 19.8 Å². The van der Waals surface area contributed by atoms with Gasteiger partial charge in [-0.05, 0) is 30.0 Å². The zero-order chi connectivity index (χ0) is 22.2. The number of alkyl halides is 2. The van der Waals surface area contributed by atoms with Gasteiger partial charge in [-0.3, -0.25) is 9.69 Å². The van der Waals surface area contributed by atoms with Gasteiger partial charge in [0, 0.05) is 32.5 Å². The van der Waals surface area contributed by atoms with Crippen LogP contribution in [-0.4, -0.2) is 49.3 Å². The van der Waals surface area contributed by atoms with Gasteiger partial charge in [0.25, 0.3) is 0 Å². The number of hydrogen-bond acceptors (Lipinski definition) is 4. The van der Waals surface area contributed by atoms with E-state index in [1.807, 2.05) is 30.3 Å². The molecule has 2 aliphatic rings. The SMILES string of the molecule is COc1cc2c(c(F)c1OC)C(=O)C(F)(CC1(F)CCN(Cc3ccccc3)CC1)C2. The number of piperidine rings is 1. The van der Waals surface area contributed by atoms with E-state index in [-0.39, 0.29) is 41.9 Å². The molecule has 1 atom stereocenters. The molecule has 1 aliphatic heterocycles. The maximum atomic E-state index is 15.8. The first-order chi connectivity index (χ1) is 14.8. The van der Waals surface area contributed by atoms with E-state index in [4.69, 9.17) is 9.47 Å². The highest BCUT2D eigenvalue weighted by Crippen LogP contribution is 2.47. The molecule has 1 unspecified atom stereocenters. The highest BCUT2D eigenvalue weighted by Gasteiger charge is 2.54. The molecule has 0 saturated carbocycles. The molecule has 1 aliphatic carbocycles. The number of fused-ring (bicyclic) bond motifs is 1. The van der Waals surface area contributed by atoms with E-state index in [9.17, 15) is 9.18 Å². The topological polar surface area (TPSA) is 38.8 Å². The Bertz CT molecular complexity index is 974. The van der Waals surface area contributed by atoms with E-state index in [2.05, 4.69) is 4.90 Å². The lowest BCUT2D eigenvalue weighted by Crippen LogP contribution is -2.47. The predicted molar refractivity (Wildman–Crippen MR) is 111 cm³/mol. The first-order valence-electron chi connectivity index (χ1n) is 10.4. The monoisotopic (exact) mass is 433 g/mol. The van der Waals surface area contributed by atoms with Gasteiger partial charge >= 0.3 is 0 Å². The third-order valence-corrected chi connectivity index (χ3v) is 6.40. The van der Waals surface area contributed by atoms with Crippen LogP contribution in [0.4, 0.5) is 13.2 Å². The fourth-order valence-electron chi connectivity index (χ4n) is 4.77. The lowest BCUT2D eigenvalue weighted by molar-refractivity contribution is 0.00143. The zero-order valence-electron chi connectivity index (χ0n) is 17.7. The molecule has 0 bridgehead atoms. The Balaban J connectivity index is 1.48. The van der Waals surface area contributed by atoms with Crippen molar-refractivity contribution in [2.24, 2.45) is 0 Å². The number of carbonyl (C=O) groups excluding carboxylic acids is 1. The summed E-state index contributed by atoms with van der Waals surface area (Å²) in [4.78, 5) is 15.0. The van der Waals surface area contributed by atoms with E-state index >= 15 is 8.78 Å². The molecule has 0 spiro atoms. The maximum absolute atomic E-state index is 15.8. The Morgan fingerprint density at radius 1 is 1.06 bits per heavy atom. The third kappa shape index (κ3) is 4.03. The largest absolute Gasteiger partial charge is 0.493 e. The molecule has 1 saturated heterocycles. The molecule has 0 radical (unpaired) electrons. The van der Waals surface area contributed by atoms with Crippen LogP contribution in [-0.2, 0) is 13.0 Å². The molecule has 2 aromatic carbocycles. The molecular weight excluding hydrogens is 407 g/mol.